The molecule has 0 fully saturated rings. The Morgan fingerprint density at radius 2 is 1.62 bits per heavy atom. The average molecular weight is 501 g/mol. The zero-order valence-electron chi connectivity index (χ0n) is 20.4. The smallest absolute Gasteiger partial charge is 0.414 e. The van der Waals surface area contributed by atoms with Crippen molar-refractivity contribution in [2.24, 2.45) is 0 Å². The van der Waals surface area contributed by atoms with Gasteiger partial charge in [0.15, 0.2) is 6.39 Å². The molecule has 2 atom stereocenters. The Morgan fingerprint density at radius 1 is 0.946 bits per heavy atom. The van der Waals surface area contributed by atoms with Gasteiger partial charge in [-0.15, -0.1) is 0 Å². The van der Waals surface area contributed by atoms with Crippen molar-refractivity contribution in [3.8, 4) is 11.3 Å². The van der Waals surface area contributed by atoms with E-state index in [1.54, 1.807) is 6.92 Å². The van der Waals surface area contributed by atoms with Gasteiger partial charge in [0.2, 0.25) is 5.88 Å². The van der Waals surface area contributed by atoms with Gasteiger partial charge in [0, 0.05) is 5.56 Å². The standard InChI is InChI=1S/C29H28N2O6/c1-20(23-10-6-3-7-11-23)37-29(34)31-28-27(30-19-36-28)24-14-12-22(13-15-24)18-35-25(17-26(32)33)16-21-8-4-2-5-9-21/h2-15,19-20,25H,16-18H2,1H3,(H,31,34)(H,32,33). The lowest BCUT2D eigenvalue weighted by Gasteiger charge is -2.16. The number of rotatable bonds is 11. The zero-order valence-corrected chi connectivity index (χ0v) is 20.4. The molecule has 2 N–H and O–H groups in total. The van der Waals surface area contributed by atoms with Gasteiger partial charge in [-0.1, -0.05) is 84.9 Å². The van der Waals surface area contributed by atoms with Gasteiger partial charge in [-0.3, -0.25) is 10.1 Å². The molecule has 1 amide bonds. The summed E-state index contributed by atoms with van der Waals surface area (Å²) in [6, 6.07) is 26.5. The zero-order chi connectivity index (χ0) is 26.0. The number of ether oxygens (including phenoxy) is 2. The van der Waals surface area contributed by atoms with Crippen molar-refractivity contribution in [2.45, 2.75) is 38.6 Å². The number of amides is 1. The molecule has 4 aromatic rings. The molecule has 4 rings (SSSR count). The van der Waals surface area contributed by atoms with Crippen LogP contribution in [0.5, 0.6) is 0 Å². The topological polar surface area (TPSA) is 111 Å². The van der Waals surface area contributed by atoms with E-state index < -0.39 is 24.3 Å². The highest BCUT2D eigenvalue weighted by Gasteiger charge is 2.18. The van der Waals surface area contributed by atoms with Crippen molar-refractivity contribution in [3.63, 3.8) is 0 Å². The summed E-state index contributed by atoms with van der Waals surface area (Å²) >= 11 is 0. The van der Waals surface area contributed by atoms with Crippen molar-refractivity contribution in [1.29, 1.82) is 0 Å². The second-order valence-electron chi connectivity index (χ2n) is 8.53. The number of nitrogens with zero attached hydrogens (tertiary/aromatic N) is 1. The van der Waals surface area contributed by atoms with E-state index in [1.165, 1.54) is 6.39 Å². The quantitative estimate of drug-likeness (QED) is 0.250. The van der Waals surface area contributed by atoms with Crippen LogP contribution in [0.15, 0.2) is 95.7 Å². The minimum atomic E-state index is -0.904. The molecule has 0 aliphatic carbocycles. The van der Waals surface area contributed by atoms with Crippen LogP contribution in [0.1, 0.15) is 36.1 Å². The summed E-state index contributed by atoms with van der Waals surface area (Å²) < 4.78 is 16.8. The maximum Gasteiger partial charge on any atom is 0.414 e. The first-order valence-corrected chi connectivity index (χ1v) is 11.9. The van der Waals surface area contributed by atoms with Crippen LogP contribution < -0.4 is 5.32 Å². The van der Waals surface area contributed by atoms with E-state index in [2.05, 4.69) is 10.3 Å². The van der Waals surface area contributed by atoms with Gasteiger partial charge in [-0.05, 0) is 30.0 Å². The predicted molar refractivity (Wildman–Crippen MR) is 138 cm³/mol. The Labute approximate surface area is 214 Å². The largest absolute Gasteiger partial charge is 0.481 e. The molecular weight excluding hydrogens is 472 g/mol. The molecule has 3 aromatic carbocycles. The van der Waals surface area contributed by atoms with Crippen LogP contribution in [0.3, 0.4) is 0 Å². The van der Waals surface area contributed by atoms with Crippen LogP contribution in [-0.2, 0) is 27.3 Å². The molecule has 0 aliphatic rings. The number of hydrogen-bond acceptors (Lipinski definition) is 6. The van der Waals surface area contributed by atoms with E-state index in [1.807, 2.05) is 84.9 Å². The number of aromatic nitrogens is 1. The summed E-state index contributed by atoms with van der Waals surface area (Å²) in [4.78, 5) is 27.9. The second-order valence-corrected chi connectivity index (χ2v) is 8.53. The Hall–Kier alpha value is -4.43. The third kappa shape index (κ3) is 7.52. The maximum atomic E-state index is 12.4. The van der Waals surface area contributed by atoms with Crippen molar-refractivity contribution in [1.82, 2.24) is 4.98 Å². The lowest BCUT2D eigenvalue weighted by molar-refractivity contribution is -0.140. The molecule has 0 spiro atoms. The van der Waals surface area contributed by atoms with E-state index in [0.717, 1.165) is 22.3 Å². The number of aliphatic carboxylic acids is 1. The fourth-order valence-electron chi connectivity index (χ4n) is 3.85. The molecule has 8 heteroatoms. The highest BCUT2D eigenvalue weighted by atomic mass is 16.6. The first-order chi connectivity index (χ1) is 18.0. The summed E-state index contributed by atoms with van der Waals surface area (Å²) in [6.07, 6.45) is 0.150. The third-order valence-corrected chi connectivity index (χ3v) is 5.76. The molecule has 37 heavy (non-hydrogen) atoms. The minimum absolute atomic E-state index is 0.0834. The highest BCUT2D eigenvalue weighted by molar-refractivity contribution is 5.87. The molecule has 8 nitrogen and oxygen atoms in total. The Balaban J connectivity index is 1.35. The summed E-state index contributed by atoms with van der Waals surface area (Å²) in [5.74, 6) is -0.724. The number of nitrogens with one attached hydrogen (secondary N) is 1. The number of carboxylic acids is 1. The number of anilines is 1. The second kappa shape index (κ2) is 12.5. The van der Waals surface area contributed by atoms with E-state index in [-0.39, 0.29) is 18.9 Å². The van der Waals surface area contributed by atoms with Gasteiger partial charge in [-0.2, -0.15) is 0 Å². The molecule has 1 heterocycles. The van der Waals surface area contributed by atoms with Crippen LogP contribution in [0.4, 0.5) is 10.7 Å². The van der Waals surface area contributed by atoms with Gasteiger partial charge < -0.3 is 19.0 Å². The first-order valence-electron chi connectivity index (χ1n) is 11.9. The van der Waals surface area contributed by atoms with Crippen LogP contribution >= 0.6 is 0 Å². The summed E-state index contributed by atoms with van der Waals surface area (Å²) in [5, 5.41) is 11.9. The van der Waals surface area contributed by atoms with Gasteiger partial charge in [0.1, 0.15) is 11.8 Å². The highest BCUT2D eigenvalue weighted by Crippen LogP contribution is 2.28. The van der Waals surface area contributed by atoms with Crippen LogP contribution in [0.2, 0.25) is 0 Å². The number of benzene rings is 3. The lowest BCUT2D eigenvalue weighted by atomic mass is 10.1. The third-order valence-electron chi connectivity index (χ3n) is 5.76. The summed E-state index contributed by atoms with van der Waals surface area (Å²) in [7, 11) is 0. The number of carbonyl (C=O) groups excluding carboxylic acids is 1. The minimum Gasteiger partial charge on any atom is -0.481 e. The van der Waals surface area contributed by atoms with Crippen LogP contribution in [0, 0.1) is 0 Å². The van der Waals surface area contributed by atoms with Gasteiger partial charge in [-0.25, -0.2) is 9.78 Å². The molecule has 0 radical (unpaired) electrons. The monoisotopic (exact) mass is 500 g/mol. The fourth-order valence-corrected chi connectivity index (χ4v) is 3.85. The lowest BCUT2D eigenvalue weighted by Crippen LogP contribution is -2.20. The van der Waals surface area contributed by atoms with Crippen LogP contribution in [-0.4, -0.2) is 28.3 Å². The summed E-state index contributed by atoms with van der Waals surface area (Å²) in [6.45, 7) is 2.05. The van der Waals surface area contributed by atoms with Crippen LogP contribution in [0.25, 0.3) is 11.3 Å². The number of carbonyl (C=O) groups is 2. The van der Waals surface area contributed by atoms with Crippen molar-refractivity contribution in [2.75, 3.05) is 5.32 Å². The van der Waals surface area contributed by atoms with Crippen molar-refractivity contribution < 1.29 is 28.6 Å². The normalized spacial score (nSPS) is 12.5. The van der Waals surface area contributed by atoms with E-state index in [4.69, 9.17) is 13.9 Å². The molecule has 0 bridgehead atoms. The fraction of sp³-hybridized carbons (Fsp3) is 0.207. The average Bonchev–Trinajstić information content (AvgIpc) is 3.36. The van der Waals surface area contributed by atoms with E-state index in [0.29, 0.717) is 12.1 Å². The number of oxazole rings is 1. The molecule has 190 valence electrons. The Morgan fingerprint density at radius 3 is 2.30 bits per heavy atom. The Kier molecular flexibility index (Phi) is 8.67. The maximum absolute atomic E-state index is 12.4. The molecule has 1 aromatic heterocycles. The molecule has 0 aliphatic heterocycles. The van der Waals surface area contributed by atoms with Crippen molar-refractivity contribution in [3.05, 3.63) is 108 Å². The van der Waals surface area contributed by atoms with Crippen molar-refractivity contribution >= 4 is 17.9 Å². The van der Waals surface area contributed by atoms with E-state index >= 15 is 0 Å². The number of hydrogen-bond donors (Lipinski definition) is 2. The molecule has 0 saturated carbocycles. The first kappa shape index (κ1) is 25.7. The SMILES string of the molecule is CC(OC(=O)Nc1ocnc1-c1ccc(COC(CC(=O)O)Cc2ccccc2)cc1)c1ccccc1. The van der Waals surface area contributed by atoms with Gasteiger partial charge >= 0.3 is 12.1 Å². The molecule has 2 unspecified atom stereocenters. The Bertz CT molecular complexity index is 1290. The van der Waals surface area contributed by atoms with Gasteiger partial charge in [0.25, 0.3) is 0 Å². The molecular formula is C29H28N2O6. The summed E-state index contributed by atoms with van der Waals surface area (Å²) in [5.41, 5.74) is 3.97. The molecule has 0 saturated heterocycles. The predicted octanol–water partition coefficient (Wildman–Crippen LogP) is 6.25. The van der Waals surface area contributed by atoms with Gasteiger partial charge in [0.05, 0.1) is 19.1 Å². The van der Waals surface area contributed by atoms with E-state index in [9.17, 15) is 14.7 Å². The number of carboxylic acid groups (broad SMARTS) is 1.